The molecule has 0 aliphatic heterocycles. The van der Waals surface area contributed by atoms with Crippen LogP contribution in [-0.4, -0.2) is 22.2 Å². The van der Waals surface area contributed by atoms with E-state index in [1.165, 1.54) is 12.8 Å². The molecule has 108 valence electrons. The predicted molar refractivity (Wildman–Crippen MR) is 79.6 cm³/mol. The Morgan fingerprint density at radius 1 is 1.50 bits per heavy atom. The maximum atomic E-state index is 9.57. The number of thiazole rings is 1. The number of furan rings is 1. The maximum Gasteiger partial charge on any atom is 0.162 e. The highest BCUT2D eigenvalue weighted by Gasteiger charge is 2.40. The van der Waals surface area contributed by atoms with Crippen LogP contribution in [0.15, 0.2) is 22.7 Å². The number of hydrogen-bond acceptors (Lipinski definition) is 5. The molecule has 5 heteroatoms. The number of aliphatic hydroxyl groups excluding tert-OH is 1. The van der Waals surface area contributed by atoms with Crippen LogP contribution < -0.4 is 5.32 Å². The van der Waals surface area contributed by atoms with Gasteiger partial charge in [0.25, 0.3) is 0 Å². The number of nitrogens with one attached hydrogen (secondary N) is 1. The van der Waals surface area contributed by atoms with Crippen LogP contribution in [0.2, 0.25) is 0 Å². The quantitative estimate of drug-likeness (QED) is 0.859. The maximum absolute atomic E-state index is 9.57. The molecule has 2 aromatic heterocycles. The second kappa shape index (κ2) is 5.31. The Labute approximate surface area is 122 Å². The third-order valence-electron chi connectivity index (χ3n) is 3.98. The molecule has 2 aromatic rings. The zero-order chi connectivity index (χ0) is 14.2. The molecule has 1 atom stereocenters. The van der Waals surface area contributed by atoms with Gasteiger partial charge in [0.15, 0.2) is 10.8 Å². The molecule has 0 aromatic carbocycles. The average Bonchev–Trinajstić information content (AvgIpc) is 3.06. The molecule has 4 nitrogen and oxygen atoms in total. The Morgan fingerprint density at radius 2 is 2.30 bits per heavy atom. The van der Waals surface area contributed by atoms with Crippen LogP contribution in [0.4, 0.5) is 0 Å². The molecule has 2 N–H and O–H groups in total. The van der Waals surface area contributed by atoms with Gasteiger partial charge in [0.05, 0.1) is 6.61 Å². The van der Waals surface area contributed by atoms with Gasteiger partial charge in [-0.1, -0.05) is 0 Å². The minimum Gasteiger partial charge on any atom is -0.459 e. The molecule has 0 radical (unpaired) electrons. The summed E-state index contributed by atoms with van der Waals surface area (Å²) in [5, 5.41) is 14.0. The first kappa shape index (κ1) is 13.8. The largest absolute Gasteiger partial charge is 0.459 e. The second-order valence-electron chi connectivity index (χ2n) is 5.75. The summed E-state index contributed by atoms with van der Waals surface area (Å²) in [6, 6.07) is 3.90. The van der Waals surface area contributed by atoms with Crippen molar-refractivity contribution >= 4 is 11.3 Å². The first-order valence-electron chi connectivity index (χ1n) is 6.98. The normalized spacial score (nSPS) is 18.1. The zero-order valence-electron chi connectivity index (χ0n) is 11.8. The second-order valence-corrected chi connectivity index (χ2v) is 6.86. The highest BCUT2D eigenvalue weighted by Crippen LogP contribution is 2.39. The van der Waals surface area contributed by atoms with Gasteiger partial charge in [0, 0.05) is 23.2 Å². The first-order valence-corrected chi connectivity index (χ1v) is 7.80. The first-order chi connectivity index (χ1) is 9.60. The van der Waals surface area contributed by atoms with Crippen molar-refractivity contribution in [2.45, 2.75) is 38.8 Å². The van der Waals surface area contributed by atoms with Crippen LogP contribution in [0.3, 0.4) is 0 Å². The molecule has 1 unspecified atom stereocenters. The van der Waals surface area contributed by atoms with Crippen LogP contribution >= 0.6 is 11.3 Å². The van der Waals surface area contributed by atoms with Gasteiger partial charge in [-0.15, -0.1) is 11.3 Å². The average molecular weight is 292 g/mol. The Balaban J connectivity index is 1.65. The molecular weight excluding hydrogens is 272 g/mol. The van der Waals surface area contributed by atoms with E-state index in [4.69, 9.17) is 4.42 Å². The molecule has 0 bridgehead atoms. The van der Waals surface area contributed by atoms with Crippen LogP contribution in [0.1, 0.15) is 30.4 Å². The van der Waals surface area contributed by atoms with Crippen molar-refractivity contribution in [2.24, 2.45) is 5.92 Å². The predicted octanol–water partition coefficient (Wildman–Crippen LogP) is 2.96. The van der Waals surface area contributed by atoms with E-state index in [9.17, 15) is 5.11 Å². The standard InChI is InChI=1S/C15H20N2O2S/c1-10-3-6-13(19-10)14-16-7-12(20-14)8-17-15(2,9-18)11-4-5-11/h3,6-7,11,17-18H,4-5,8-9H2,1-2H3. The topological polar surface area (TPSA) is 58.3 Å². The minimum atomic E-state index is -0.161. The summed E-state index contributed by atoms with van der Waals surface area (Å²) in [4.78, 5) is 5.57. The van der Waals surface area contributed by atoms with Gasteiger partial charge in [0.2, 0.25) is 0 Å². The molecule has 0 saturated heterocycles. The number of hydrogen-bond donors (Lipinski definition) is 2. The lowest BCUT2D eigenvalue weighted by Gasteiger charge is -2.28. The van der Waals surface area contributed by atoms with Crippen molar-refractivity contribution in [1.82, 2.24) is 10.3 Å². The van der Waals surface area contributed by atoms with E-state index in [-0.39, 0.29) is 12.1 Å². The lowest BCUT2D eigenvalue weighted by atomic mass is 9.97. The van der Waals surface area contributed by atoms with Gasteiger partial charge in [-0.3, -0.25) is 0 Å². The fourth-order valence-corrected chi connectivity index (χ4v) is 3.21. The fourth-order valence-electron chi connectivity index (χ4n) is 2.39. The van der Waals surface area contributed by atoms with E-state index in [0.29, 0.717) is 5.92 Å². The molecule has 1 aliphatic carbocycles. The van der Waals surface area contributed by atoms with E-state index in [0.717, 1.165) is 28.0 Å². The van der Waals surface area contributed by atoms with Gasteiger partial charge in [0.1, 0.15) is 5.76 Å². The molecule has 0 spiro atoms. The van der Waals surface area contributed by atoms with Gasteiger partial charge < -0.3 is 14.8 Å². The SMILES string of the molecule is Cc1ccc(-c2ncc(CNC(C)(CO)C3CC3)s2)o1. The molecule has 0 amide bonds. The highest BCUT2D eigenvalue weighted by atomic mass is 32.1. The molecule has 2 heterocycles. The van der Waals surface area contributed by atoms with E-state index in [2.05, 4.69) is 17.2 Å². The molecule has 1 saturated carbocycles. The Morgan fingerprint density at radius 3 is 2.90 bits per heavy atom. The Bertz CT molecular complexity index is 588. The van der Waals surface area contributed by atoms with Crippen LogP contribution in [-0.2, 0) is 6.54 Å². The van der Waals surface area contributed by atoms with Crippen molar-refractivity contribution in [3.63, 3.8) is 0 Å². The Kier molecular flexibility index (Phi) is 3.67. The monoisotopic (exact) mass is 292 g/mol. The highest BCUT2D eigenvalue weighted by molar-refractivity contribution is 7.14. The Hall–Kier alpha value is -1.17. The van der Waals surface area contributed by atoms with E-state index >= 15 is 0 Å². The van der Waals surface area contributed by atoms with Gasteiger partial charge >= 0.3 is 0 Å². The number of rotatable bonds is 6. The smallest absolute Gasteiger partial charge is 0.162 e. The lowest BCUT2D eigenvalue weighted by Crippen LogP contribution is -2.47. The van der Waals surface area contributed by atoms with Crippen molar-refractivity contribution in [3.8, 4) is 10.8 Å². The summed E-state index contributed by atoms with van der Waals surface area (Å²) < 4.78 is 5.59. The number of aromatic nitrogens is 1. The van der Waals surface area contributed by atoms with Crippen LogP contribution in [0.5, 0.6) is 0 Å². The molecule has 3 rings (SSSR count). The van der Waals surface area contributed by atoms with Crippen molar-refractivity contribution in [2.75, 3.05) is 6.61 Å². The van der Waals surface area contributed by atoms with Gasteiger partial charge in [-0.05, 0) is 44.7 Å². The third kappa shape index (κ3) is 2.80. The van der Waals surface area contributed by atoms with Crippen LogP contribution in [0.25, 0.3) is 10.8 Å². The van der Waals surface area contributed by atoms with Crippen molar-refractivity contribution < 1.29 is 9.52 Å². The molecule has 1 fully saturated rings. The zero-order valence-corrected chi connectivity index (χ0v) is 12.7. The third-order valence-corrected chi connectivity index (χ3v) is 4.99. The minimum absolute atomic E-state index is 0.161. The lowest BCUT2D eigenvalue weighted by molar-refractivity contribution is 0.154. The number of nitrogens with zero attached hydrogens (tertiary/aromatic N) is 1. The fraction of sp³-hybridized carbons (Fsp3) is 0.533. The van der Waals surface area contributed by atoms with E-state index in [1.54, 1.807) is 11.3 Å². The summed E-state index contributed by atoms with van der Waals surface area (Å²) in [7, 11) is 0. The van der Waals surface area contributed by atoms with Crippen LogP contribution in [0, 0.1) is 12.8 Å². The number of aliphatic hydroxyl groups is 1. The number of aryl methyl sites for hydroxylation is 1. The summed E-state index contributed by atoms with van der Waals surface area (Å²) in [6.07, 6.45) is 4.31. The van der Waals surface area contributed by atoms with Crippen molar-refractivity contribution in [3.05, 3.63) is 29.0 Å². The summed E-state index contributed by atoms with van der Waals surface area (Å²) in [5.41, 5.74) is -0.161. The molecule has 1 aliphatic rings. The summed E-state index contributed by atoms with van der Waals surface area (Å²) in [6.45, 7) is 4.95. The summed E-state index contributed by atoms with van der Waals surface area (Å²) >= 11 is 1.63. The van der Waals surface area contributed by atoms with E-state index in [1.807, 2.05) is 25.3 Å². The van der Waals surface area contributed by atoms with E-state index < -0.39 is 0 Å². The van der Waals surface area contributed by atoms with Gasteiger partial charge in [-0.2, -0.15) is 0 Å². The van der Waals surface area contributed by atoms with Gasteiger partial charge in [-0.25, -0.2) is 4.98 Å². The summed E-state index contributed by atoms with van der Waals surface area (Å²) in [5.74, 6) is 2.33. The molecular formula is C15H20N2O2S. The molecule has 20 heavy (non-hydrogen) atoms. The van der Waals surface area contributed by atoms with Crippen molar-refractivity contribution in [1.29, 1.82) is 0 Å².